The molecule has 4 heteroatoms. The van der Waals surface area contributed by atoms with E-state index in [1.165, 1.54) is 6.42 Å². The molecule has 0 saturated carbocycles. The first-order valence-corrected chi connectivity index (χ1v) is 6.72. The molecule has 1 aromatic carbocycles. The highest BCUT2D eigenvalue weighted by molar-refractivity contribution is 9.10. The van der Waals surface area contributed by atoms with Crippen LogP contribution in [0.2, 0.25) is 0 Å². The molecule has 94 valence electrons. The molecule has 1 N–H and O–H groups in total. The van der Waals surface area contributed by atoms with Crippen LogP contribution < -0.4 is 0 Å². The smallest absolute Gasteiger partial charge is 0.120 e. The zero-order valence-corrected chi connectivity index (χ0v) is 11.6. The van der Waals surface area contributed by atoms with Crippen molar-refractivity contribution < 1.29 is 9.84 Å². The maximum absolute atomic E-state index is 9.77. The SMILES string of the molecule is CN(Cc1cc(Br)ccc1O)CC1CCCO1. The second-order valence-electron chi connectivity index (χ2n) is 4.60. The van der Waals surface area contributed by atoms with Gasteiger partial charge in [-0.3, -0.25) is 4.90 Å². The molecule has 17 heavy (non-hydrogen) atoms. The summed E-state index contributed by atoms with van der Waals surface area (Å²) in [6.07, 6.45) is 2.67. The van der Waals surface area contributed by atoms with Crippen molar-refractivity contribution in [1.29, 1.82) is 0 Å². The Bertz CT molecular complexity index is 378. The maximum Gasteiger partial charge on any atom is 0.120 e. The molecule has 0 amide bonds. The van der Waals surface area contributed by atoms with Crippen LogP contribution in [0.15, 0.2) is 22.7 Å². The van der Waals surface area contributed by atoms with Gasteiger partial charge in [0, 0.05) is 29.7 Å². The highest BCUT2D eigenvalue weighted by atomic mass is 79.9. The quantitative estimate of drug-likeness (QED) is 0.928. The Balaban J connectivity index is 1.92. The zero-order valence-electron chi connectivity index (χ0n) is 10.0. The van der Waals surface area contributed by atoms with E-state index in [1.807, 2.05) is 12.1 Å². The van der Waals surface area contributed by atoms with Crippen molar-refractivity contribution in [2.45, 2.75) is 25.5 Å². The number of likely N-dealkylation sites (N-methyl/N-ethyl adjacent to an activating group) is 1. The van der Waals surface area contributed by atoms with Gasteiger partial charge in [-0.05, 0) is 38.1 Å². The largest absolute Gasteiger partial charge is 0.508 e. The number of aromatic hydroxyl groups is 1. The Labute approximate surface area is 111 Å². The second kappa shape index (κ2) is 5.85. The minimum absolute atomic E-state index is 0.354. The van der Waals surface area contributed by atoms with Crippen molar-refractivity contribution in [2.24, 2.45) is 0 Å². The van der Waals surface area contributed by atoms with Crippen LogP contribution in [0.4, 0.5) is 0 Å². The van der Waals surface area contributed by atoms with Crippen molar-refractivity contribution in [2.75, 3.05) is 20.2 Å². The highest BCUT2D eigenvalue weighted by Crippen LogP contribution is 2.23. The fourth-order valence-electron chi connectivity index (χ4n) is 2.17. The number of halogens is 1. The molecule has 1 aliphatic rings. The Morgan fingerprint density at radius 2 is 2.35 bits per heavy atom. The Morgan fingerprint density at radius 3 is 3.06 bits per heavy atom. The van der Waals surface area contributed by atoms with Crippen molar-refractivity contribution in [1.82, 2.24) is 4.90 Å². The van der Waals surface area contributed by atoms with E-state index in [0.29, 0.717) is 11.9 Å². The number of hydrogen-bond acceptors (Lipinski definition) is 3. The summed E-state index contributed by atoms with van der Waals surface area (Å²) in [7, 11) is 2.06. The van der Waals surface area contributed by atoms with Gasteiger partial charge in [-0.15, -0.1) is 0 Å². The molecule has 1 saturated heterocycles. The van der Waals surface area contributed by atoms with Gasteiger partial charge < -0.3 is 9.84 Å². The van der Waals surface area contributed by atoms with Crippen LogP contribution in [-0.2, 0) is 11.3 Å². The molecule has 0 spiro atoms. The molecule has 2 rings (SSSR count). The van der Waals surface area contributed by atoms with Gasteiger partial charge >= 0.3 is 0 Å². The van der Waals surface area contributed by atoms with Gasteiger partial charge in [-0.1, -0.05) is 15.9 Å². The lowest BCUT2D eigenvalue weighted by Crippen LogP contribution is -2.28. The number of phenols is 1. The first kappa shape index (κ1) is 12.9. The predicted molar refractivity (Wildman–Crippen MR) is 71.1 cm³/mol. The molecule has 1 fully saturated rings. The van der Waals surface area contributed by atoms with Crippen LogP contribution in [0.1, 0.15) is 18.4 Å². The topological polar surface area (TPSA) is 32.7 Å². The average molecular weight is 300 g/mol. The Kier molecular flexibility index (Phi) is 4.42. The summed E-state index contributed by atoms with van der Waals surface area (Å²) >= 11 is 3.42. The minimum atomic E-state index is 0.354. The summed E-state index contributed by atoms with van der Waals surface area (Å²) in [5.41, 5.74) is 0.944. The number of ether oxygens (including phenoxy) is 1. The molecule has 0 aromatic heterocycles. The molecule has 1 unspecified atom stereocenters. The second-order valence-corrected chi connectivity index (χ2v) is 5.52. The van der Waals surface area contributed by atoms with Gasteiger partial charge in [0.1, 0.15) is 5.75 Å². The van der Waals surface area contributed by atoms with Gasteiger partial charge in [-0.25, -0.2) is 0 Å². The van der Waals surface area contributed by atoms with E-state index in [1.54, 1.807) is 6.07 Å². The Morgan fingerprint density at radius 1 is 1.53 bits per heavy atom. The van der Waals surface area contributed by atoms with Crippen LogP contribution >= 0.6 is 15.9 Å². The summed E-state index contributed by atoms with van der Waals surface area (Å²) < 4.78 is 6.60. The summed E-state index contributed by atoms with van der Waals surface area (Å²) in [5.74, 6) is 0.354. The summed E-state index contributed by atoms with van der Waals surface area (Å²) in [4.78, 5) is 2.19. The van der Waals surface area contributed by atoms with E-state index in [4.69, 9.17) is 4.74 Å². The number of hydrogen-bond donors (Lipinski definition) is 1. The molecular formula is C13H18BrNO2. The van der Waals surface area contributed by atoms with E-state index >= 15 is 0 Å². The van der Waals surface area contributed by atoms with Crippen LogP contribution in [0.5, 0.6) is 5.75 Å². The van der Waals surface area contributed by atoms with Crippen LogP contribution in [0.25, 0.3) is 0 Å². The van der Waals surface area contributed by atoms with E-state index in [2.05, 4.69) is 27.9 Å². The van der Waals surface area contributed by atoms with Crippen molar-refractivity contribution in [3.8, 4) is 5.75 Å². The molecule has 1 atom stereocenters. The van der Waals surface area contributed by atoms with Crippen molar-refractivity contribution >= 4 is 15.9 Å². The van der Waals surface area contributed by atoms with Gasteiger partial charge in [0.05, 0.1) is 6.10 Å². The molecule has 1 heterocycles. The number of phenolic OH excluding ortho intramolecular Hbond substituents is 1. The van der Waals surface area contributed by atoms with Gasteiger partial charge in [0.2, 0.25) is 0 Å². The van der Waals surface area contributed by atoms with E-state index in [-0.39, 0.29) is 0 Å². The average Bonchev–Trinajstić information content (AvgIpc) is 2.76. The predicted octanol–water partition coefficient (Wildman–Crippen LogP) is 2.77. The lowest BCUT2D eigenvalue weighted by molar-refractivity contribution is 0.0791. The number of nitrogens with zero attached hydrogens (tertiary/aromatic N) is 1. The first-order chi connectivity index (χ1) is 8.15. The third kappa shape index (κ3) is 3.69. The van der Waals surface area contributed by atoms with Crippen LogP contribution in [0.3, 0.4) is 0 Å². The monoisotopic (exact) mass is 299 g/mol. The van der Waals surface area contributed by atoms with E-state index in [0.717, 1.165) is 36.2 Å². The Hall–Kier alpha value is -0.580. The van der Waals surface area contributed by atoms with Crippen molar-refractivity contribution in [3.05, 3.63) is 28.2 Å². The lowest BCUT2D eigenvalue weighted by atomic mass is 10.1. The standard InChI is InChI=1S/C13H18BrNO2/c1-15(9-12-3-2-6-17-12)8-10-7-11(14)4-5-13(10)16/h4-5,7,12,16H,2-3,6,8-9H2,1H3. The molecule has 0 radical (unpaired) electrons. The minimum Gasteiger partial charge on any atom is -0.508 e. The molecule has 1 aliphatic heterocycles. The number of rotatable bonds is 4. The highest BCUT2D eigenvalue weighted by Gasteiger charge is 2.17. The third-order valence-electron chi connectivity index (χ3n) is 3.02. The van der Waals surface area contributed by atoms with E-state index < -0.39 is 0 Å². The van der Waals surface area contributed by atoms with Gasteiger partial charge in [-0.2, -0.15) is 0 Å². The third-order valence-corrected chi connectivity index (χ3v) is 3.51. The summed E-state index contributed by atoms with van der Waals surface area (Å²) in [6.45, 7) is 2.55. The first-order valence-electron chi connectivity index (χ1n) is 5.92. The van der Waals surface area contributed by atoms with Crippen molar-refractivity contribution in [3.63, 3.8) is 0 Å². The molecule has 0 aliphatic carbocycles. The molecule has 1 aromatic rings. The zero-order chi connectivity index (χ0) is 12.3. The molecular weight excluding hydrogens is 282 g/mol. The van der Waals surface area contributed by atoms with Gasteiger partial charge in [0.25, 0.3) is 0 Å². The van der Waals surface area contributed by atoms with Gasteiger partial charge in [0.15, 0.2) is 0 Å². The van der Waals surface area contributed by atoms with Crippen LogP contribution in [0, 0.1) is 0 Å². The summed E-state index contributed by atoms with van der Waals surface area (Å²) in [6, 6.07) is 5.53. The van der Waals surface area contributed by atoms with E-state index in [9.17, 15) is 5.11 Å². The number of benzene rings is 1. The maximum atomic E-state index is 9.77. The summed E-state index contributed by atoms with van der Waals surface area (Å²) in [5, 5.41) is 9.77. The van der Waals surface area contributed by atoms with Crippen LogP contribution in [-0.4, -0.2) is 36.3 Å². The molecule has 3 nitrogen and oxygen atoms in total. The normalized spacial score (nSPS) is 20.1. The molecule has 0 bridgehead atoms. The fraction of sp³-hybridized carbons (Fsp3) is 0.538. The fourth-order valence-corrected chi connectivity index (χ4v) is 2.58. The lowest BCUT2D eigenvalue weighted by Gasteiger charge is -2.21.